The molecule has 15 nitrogen and oxygen atoms in total. The van der Waals surface area contributed by atoms with E-state index in [2.05, 4.69) is 20.7 Å². The second kappa shape index (κ2) is 11.0. The number of amides is 2. The zero-order chi connectivity index (χ0) is 23.3. The fourth-order valence-corrected chi connectivity index (χ4v) is 3.43. The van der Waals surface area contributed by atoms with Crippen LogP contribution >= 0.6 is 0 Å². The van der Waals surface area contributed by atoms with Gasteiger partial charge in [0.2, 0.25) is 11.8 Å². The van der Waals surface area contributed by atoms with Crippen molar-refractivity contribution in [1.82, 2.24) is 10.6 Å². The molecule has 0 aromatic rings. The monoisotopic (exact) mass is 449 g/mol. The molecule has 2 amide bonds. The highest BCUT2D eigenvalue weighted by Crippen LogP contribution is 2.26. The fraction of sp³-hybridized carbons (Fsp3) is 0.875. The minimum atomic E-state index is -1.58. The van der Waals surface area contributed by atoms with Crippen LogP contribution in [0.5, 0.6) is 0 Å². The average Bonchev–Trinajstić information content (AvgIpc) is 2.70. The number of ether oxygens (including phenoxy) is 3. The Labute approximate surface area is 176 Å². The largest absolute Gasteiger partial charge is 0.394 e. The zero-order valence-corrected chi connectivity index (χ0v) is 16.8. The predicted molar refractivity (Wildman–Crippen MR) is 98.7 cm³/mol. The molecule has 2 aliphatic rings. The van der Waals surface area contributed by atoms with Gasteiger partial charge in [-0.1, -0.05) is 5.11 Å². The normalized spacial score (nSPS) is 40.5. The Morgan fingerprint density at radius 1 is 0.968 bits per heavy atom. The smallest absolute Gasteiger partial charge is 0.217 e. The molecule has 0 saturated carbocycles. The van der Waals surface area contributed by atoms with Crippen molar-refractivity contribution < 1.29 is 49.3 Å². The first-order valence-corrected chi connectivity index (χ1v) is 9.44. The van der Waals surface area contributed by atoms with Crippen LogP contribution in [0.4, 0.5) is 0 Å². The summed E-state index contributed by atoms with van der Waals surface area (Å²) in [4.78, 5) is 25.4. The van der Waals surface area contributed by atoms with Gasteiger partial charge < -0.3 is 50.4 Å². The molecule has 2 fully saturated rings. The summed E-state index contributed by atoms with van der Waals surface area (Å²) in [5, 5.41) is 58.4. The minimum Gasteiger partial charge on any atom is -0.394 e. The van der Waals surface area contributed by atoms with Crippen LogP contribution in [0.3, 0.4) is 0 Å². The molecule has 2 rings (SSSR count). The van der Waals surface area contributed by atoms with Crippen molar-refractivity contribution in [2.75, 3.05) is 13.2 Å². The van der Waals surface area contributed by atoms with Crippen molar-refractivity contribution in [2.45, 2.75) is 75.1 Å². The summed E-state index contributed by atoms with van der Waals surface area (Å²) in [5.41, 5.74) is 8.73. The molecule has 0 aliphatic carbocycles. The van der Waals surface area contributed by atoms with Crippen LogP contribution in [0.2, 0.25) is 0 Å². The Balaban J connectivity index is 2.13. The van der Waals surface area contributed by atoms with E-state index in [-0.39, 0.29) is 0 Å². The summed E-state index contributed by atoms with van der Waals surface area (Å²) in [6.07, 6.45) is -11.4. The van der Waals surface area contributed by atoms with E-state index >= 15 is 0 Å². The van der Waals surface area contributed by atoms with Gasteiger partial charge in [0.25, 0.3) is 0 Å². The molecule has 0 aromatic heterocycles. The quantitative estimate of drug-likeness (QED) is 0.114. The Morgan fingerprint density at radius 2 is 1.52 bits per heavy atom. The number of nitrogens with zero attached hydrogens (tertiary/aromatic N) is 3. The van der Waals surface area contributed by atoms with Crippen molar-refractivity contribution in [3.63, 3.8) is 0 Å². The fourth-order valence-electron chi connectivity index (χ4n) is 3.43. The van der Waals surface area contributed by atoms with Crippen LogP contribution in [0.1, 0.15) is 13.8 Å². The summed E-state index contributed by atoms with van der Waals surface area (Å²) < 4.78 is 16.4. The number of nitrogens with one attached hydrogen (secondary N) is 2. The van der Waals surface area contributed by atoms with Crippen molar-refractivity contribution in [3.8, 4) is 0 Å². The van der Waals surface area contributed by atoms with Crippen LogP contribution in [0.25, 0.3) is 10.4 Å². The minimum absolute atomic E-state index is 0.468. The third kappa shape index (κ3) is 6.00. The maximum Gasteiger partial charge on any atom is 0.217 e. The van der Waals surface area contributed by atoms with Gasteiger partial charge in [-0.3, -0.25) is 9.59 Å². The number of carbonyl (C=O) groups excluding carboxylic acids is 2. The first kappa shape index (κ1) is 25.2. The topological polar surface area (TPSA) is 236 Å². The second-order valence-electron chi connectivity index (χ2n) is 7.24. The Morgan fingerprint density at radius 3 is 2.06 bits per heavy atom. The standard InChI is InChI=1S/C16H27N5O10/c1-5(23)18-9-13(27)12(26)8(30-15(9)20-21-17)4-29-16-10(19-6(2)24)14(28)11(25)7(3-22)31-16/h7-16,22,25-28H,3-4H2,1-2H3,(H,18,23)(H,19,24)/t7-,8-,9-,10-,11-,12+,13-,14-,15-,16-/m1/s1. The molecule has 2 heterocycles. The lowest BCUT2D eigenvalue weighted by Gasteiger charge is -2.44. The third-order valence-electron chi connectivity index (χ3n) is 4.93. The lowest BCUT2D eigenvalue weighted by Crippen LogP contribution is -2.66. The van der Waals surface area contributed by atoms with Crippen LogP contribution in [0, 0.1) is 0 Å². The van der Waals surface area contributed by atoms with Crippen molar-refractivity contribution in [3.05, 3.63) is 10.4 Å². The van der Waals surface area contributed by atoms with Gasteiger partial charge in [0.1, 0.15) is 42.7 Å². The van der Waals surface area contributed by atoms with Crippen LogP contribution < -0.4 is 10.6 Å². The Hall–Kier alpha value is -2.07. The Bertz CT molecular complexity index is 692. The maximum absolute atomic E-state index is 11.5. The number of carbonyl (C=O) groups is 2. The molecule has 0 radical (unpaired) electrons. The van der Waals surface area contributed by atoms with Crippen LogP contribution in [0.15, 0.2) is 5.11 Å². The van der Waals surface area contributed by atoms with E-state index in [1.54, 1.807) is 0 Å². The molecule has 176 valence electrons. The van der Waals surface area contributed by atoms with E-state index in [1.165, 1.54) is 13.8 Å². The average molecular weight is 449 g/mol. The number of aliphatic hydroxyl groups is 5. The number of aliphatic hydroxyl groups excluding tert-OH is 5. The highest BCUT2D eigenvalue weighted by molar-refractivity contribution is 5.73. The first-order valence-electron chi connectivity index (χ1n) is 9.44. The molecule has 0 spiro atoms. The summed E-state index contributed by atoms with van der Waals surface area (Å²) in [6.45, 7) is 1.22. The number of hydrogen-bond acceptors (Lipinski definition) is 11. The summed E-state index contributed by atoms with van der Waals surface area (Å²) in [5.74, 6) is -1.11. The van der Waals surface area contributed by atoms with Gasteiger partial charge in [-0.05, 0) is 5.53 Å². The van der Waals surface area contributed by atoms with Gasteiger partial charge >= 0.3 is 0 Å². The molecule has 2 aliphatic heterocycles. The maximum atomic E-state index is 11.5. The molecular weight excluding hydrogens is 422 g/mol. The molecule has 15 heteroatoms. The van der Waals surface area contributed by atoms with E-state index in [9.17, 15) is 35.1 Å². The highest BCUT2D eigenvalue weighted by Gasteiger charge is 2.48. The first-order chi connectivity index (χ1) is 14.6. The molecule has 0 unspecified atom stereocenters. The molecule has 7 N–H and O–H groups in total. The summed E-state index contributed by atoms with van der Waals surface area (Å²) in [6, 6.07) is -2.44. The molecule has 2 saturated heterocycles. The van der Waals surface area contributed by atoms with Gasteiger partial charge in [0, 0.05) is 18.8 Å². The van der Waals surface area contributed by atoms with E-state index in [4.69, 9.17) is 19.7 Å². The number of azide groups is 1. The molecule has 0 bridgehead atoms. The predicted octanol–water partition coefficient (Wildman–Crippen LogP) is -3.79. The van der Waals surface area contributed by atoms with Crippen LogP contribution in [-0.2, 0) is 23.8 Å². The van der Waals surface area contributed by atoms with Gasteiger partial charge in [0.05, 0.1) is 19.3 Å². The Kier molecular flexibility index (Phi) is 8.93. The molecule has 0 aromatic carbocycles. The van der Waals surface area contributed by atoms with Crippen molar-refractivity contribution in [2.24, 2.45) is 5.11 Å². The van der Waals surface area contributed by atoms with Crippen LogP contribution in [-0.4, -0.2) is 112 Å². The van der Waals surface area contributed by atoms with Gasteiger partial charge in [-0.2, -0.15) is 0 Å². The lowest BCUT2D eigenvalue weighted by molar-refractivity contribution is -0.285. The van der Waals surface area contributed by atoms with Gasteiger partial charge in [-0.25, -0.2) is 0 Å². The second-order valence-corrected chi connectivity index (χ2v) is 7.24. The van der Waals surface area contributed by atoms with E-state index in [0.29, 0.717) is 0 Å². The van der Waals surface area contributed by atoms with Crippen molar-refractivity contribution in [1.29, 1.82) is 0 Å². The SMILES string of the molecule is CC(=O)N[C@@H]1[C@@H](O)[C@@H](O)[C@@H](CO[C@@H]2O[C@H](CO)[C@@H](O)[C@H](O)[C@H]2NC(C)=O)O[C@H]1N=[N+]=[N-]. The van der Waals surface area contributed by atoms with Gasteiger partial charge in [0.15, 0.2) is 12.5 Å². The van der Waals surface area contributed by atoms with E-state index < -0.39 is 86.3 Å². The van der Waals surface area contributed by atoms with E-state index in [0.717, 1.165) is 0 Å². The summed E-state index contributed by atoms with van der Waals surface area (Å²) in [7, 11) is 0. The highest BCUT2D eigenvalue weighted by atomic mass is 16.7. The molecule has 10 atom stereocenters. The number of rotatable bonds is 7. The lowest BCUT2D eigenvalue weighted by atomic mass is 9.95. The zero-order valence-electron chi connectivity index (χ0n) is 16.8. The van der Waals surface area contributed by atoms with E-state index in [1.807, 2.05) is 0 Å². The molecular formula is C16H27N5O10. The molecule has 31 heavy (non-hydrogen) atoms. The van der Waals surface area contributed by atoms with Gasteiger partial charge in [-0.15, -0.1) is 0 Å². The third-order valence-corrected chi connectivity index (χ3v) is 4.93. The number of hydrogen-bond donors (Lipinski definition) is 7. The van der Waals surface area contributed by atoms with Crippen molar-refractivity contribution >= 4 is 11.8 Å². The summed E-state index contributed by atoms with van der Waals surface area (Å²) >= 11 is 0.